The van der Waals surface area contributed by atoms with Crippen LogP contribution in [-0.2, 0) is 19.6 Å². The first-order valence-electron chi connectivity index (χ1n) is 8.74. The maximum Gasteiger partial charge on any atom is 0.338 e. The zero-order valence-electron chi connectivity index (χ0n) is 16.4. The van der Waals surface area contributed by atoms with Gasteiger partial charge in [-0.2, -0.15) is 0 Å². The van der Waals surface area contributed by atoms with Gasteiger partial charge in [-0.05, 0) is 56.2 Å². The Hall–Kier alpha value is -2.87. The van der Waals surface area contributed by atoms with E-state index in [2.05, 4.69) is 5.32 Å². The summed E-state index contributed by atoms with van der Waals surface area (Å²) < 4.78 is 30.6. The predicted molar refractivity (Wildman–Crippen MR) is 109 cm³/mol. The molecule has 0 spiro atoms. The molecule has 7 nitrogen and oxygen atoms in total. The lowest BCUT2D eigenvalue weighted by atomic mass is 10.1. The minimum absolute atomic E-state index is 0.245. The number of benzene rings is 2. The van der Waals surface area contributed by atoms with Gasteiger partial charge in [0.2, 0.25) is 15.9 Å². The number of rotatable bonds is 7. The maximum atomic E-state index is 12.5. The SMILES string of the molecule is CCOC(=O)c1cccc(NC(=O)CN(c2cc(C)ccc2C)S(C)(=O)=O)c1. The van der Waals surface area contributed by atoms with Crippen LogP contribution in [0.1, 0.15) is 28.4 Å². The summed E-state index contributed by atoms with van der Waals surface area (Å²) in [6, 6.07) is 11.7. The van der Waals surface area contributed by atoms with Crippen molar-refractivity contribution < 1.29 is 22.7 Å². The Labute approximate surface area is 165 Å². The van der Waals surface area contributed by atoms with Gasteiger partial charge in [0.1, 0.15) is 6.54 Å². The van der Waals surface area contributed by atoms with Crippen molar-refractivity contribution in [3.8, 4) is 0 Å². The fourth-order valence-corrected chi connectivity index (χ4v) is 3.54. The minimum atomic E-state index is -3.68. The highest BCUT2D eigenvalue weighted by Crippen LogP contribution is 2.24. The minimum Gasteiger partial charge on any atom is -0.462 e. The summed E-state index contributed by atoms with van der Waals surface area (Å²) in [6.07, 6.45) is 1.06. The number of sulfonamides is 1. The standard InChI is InChI=1S/C20H24N2O5S/c1-5-27-20(24)16-7-6-8-17(12-16)21-19(23)13-22(28(4,25)26)18-11-14(2)9-10-15(18)3/h6-12H,5,13H2,1-4H3,(H,21,23). The fraction of sp³-hybridized carbons (Fsp3) is 0.300. The third-order valence-corrected chi connectivity index (χ3v) is 5.10. The molecule has 0 saturated heterocycles. The Balaban J connectivity index is 2.23. The lowest BCUT2D eigenvalue weighted by molar-refractivity contribution is -0.114. The number of hydrogen-bond donors (Lipinski definition) is 1. The highest BCUT2D eigenvalue weighted by molar-refractivity contribution is 7.92. The van der Waals surface area contributed by atoms with Crippen LogP contribution in [0.4, 0.5) is 11.4 Å². The molecule has 2 aromatic rings. The number of nitrogens with zero attached hydrogens (tertiary/aromatic N) is 1. The number of ether oxygens (including phenoxy) is 1. The summed E-state index contributed by atoms with van der Waals surface area (Å²) in [5.74, 6) is -1.01. The Morgan fingerprint density at radius 3 is 2.46 bits per heavy atom. The lowest BCUT2D eigenvalue weighted by Gasteiger charge is -2.24. The van der Waals surface area contributed by atoms with Gasteiger partial charge in [-0.15, -0.1) is 0 Å². The van der Waals surface area contributed by atoms with Crippen molar-refractivity contribution in [1.29, 1.82) is 0 Å². The van der Waals surface area contributed by atoms with Crippen molar-refractivity contribution in [3.63, 3.8) is 0 Å². The average molecular weight is 404 g/mol. The van der Waals surface area contributed by atoms with E-state index in [1.807, 2.05) is 19.1 Å². The van der Waals surface area contributed by atoms with Crippen molar-refractivity contribution in [2.75, 3.05) is 29.0 Å². The molecule has 0 aliphatic rings. The molecule has 0 radical (unpaired) electrons. The van der Waals surface area contributed by atoms with Crippen LogP contribution in [0.5, 0.6) is 0 Å². The molecule has 0 aromatic heterocycles. The number of esters is 1. The number of aryl methyl sites for hydroxylation is 2. The van der Waals surface area contributed by atoms with Gasteiger partial charge < -0.3 is 10.1 Å². The number of carbonyl (C=O) groups is 2. The van der Waals surface area contributed by atoms with E-state index in [9.17, 15) is 18.0 Å². The Morgan fingerprint density at radius 2 is 1.82 bits per heavy atom. The first kappa shape index (κ1) is 21.4. The van der Waals surface area contributed by atoms with Gasteiger partial charge in [0.15, 0.2) is 0 Å². The van der Waals surface area contributed by atoms with Crippen molar-refractivity contribution >= 4 is 33.3 Å². The summed E-state index contributed by atoms with van der Waals surface area (Å²) in [5.41, 5.74) is 2.77. The van der Waals surface area contributed by atoms with E-state index >= 15 is 0 Å². The van der Waals surface area contributed by atoms with Crippen LogP contribution < -0.4 is 9.62 Å². The second-order valence-electron chi connectivity index (χ2n) is 6.41. The number of nitrogens with one attached hydrogen (secondary N) is 1. The molecular formula is C20H24N2O5S. The van der Waals surface area contributed by atoms with Gasteiger partial charge in [0.25, 0.3) is 0 Å². The first-order valence-corrected chi connectivity index (χ1v) is 10.6. The van der Waals surface area contributed by atoms with Crippen molar-refractivity contribution in [3.05, 3.63) is 59.2 Å². The van der Waals surface area contributed by atoms with E-state index < -0.39 is 21.9 Å². The number of amides is 1. The summed E-state index contributed by atoms with van der Waals surface area (Å²) >= 11 is 0. The van der Waals surface area contributed by atoms with Gasteiger partial charge in [0.05, 0.1) is 24.1 Å². The van der Waals surface area contributed by atoms with Crippen LogP contribution in [0.25, 0.3) is 0 Å². The molecule has 150 valence electrons. The Morgan fingerprint density at radius 1 is 1.11 bits per heavy atom. The van der Waals surface area contributed by atoms with Gasteiger partial charge in [0, 0.05) is 5.69 Å². The fourth-order valence-electron chi connectivity index (χ4n) is 2.64. The number of hydrogen-bond acceptors (Lipinski definition) is 5. The van der Waals surface area contributed by atoms with Gasteiger partial charge in [-0.25, -0.2) is 13.2 Å². The van der Waals surface area contributed by atoms with E-state index in [1.54, 1.807) is 38.1 Å². The van der Waals surface area contributed by atoms with Gasteiger partial charge in [-0.1, -0.05) is 18.2 Å². The molecule has 0 atom stereocenters. The third-order valence-electron chi connectivity index (χ3n) is 3.98. The van der Waals surface area contributed by atoms with E-state index in [4.69, 9.17) is 4.74 Å². The van der Waals surface area contributed by atoms with Crippen molar-refractivity contribution in [2.24, 2.45) is 0 Å². The number of anilines is 2. The van der Waals surface area contributed by atoms with E-state index in [0.717, 1.165) is 21.7 Å². The topological polar surface area (TPSA) is 92.8 Å². The molecule has 0 aliphatic carbocycles. The monoisotopic (exact) mass is 404 g/mol. The highest BCUT2D eigenvalue weighted by atomic mass is 32.2. The second kappa shape index (κ2) is 8.88. The summed E-state index contributed by atoms with van der Waals surface area (Å²) in [5, 5.41) is 2.63. The number of carbonyl (C=O) groups excluding carboxylic acids is 2. The van der Waals surface area contributed by atoms with Crippen LogP contribution in [0.3, 0.4) is 0 Å². The lowest BCUT2D eigenvalue weighted by Crippen LogP contribution is -2.38. The zero-order chi connectivity index (χ0) is 20.9. The van der Waals surface area contributed by atoms with E-state index in [0.29, 0.717) is 16.9 Å². The molecule has 0 fully saturated rings. The van der Waals surface area contributed by atoms with Crippen LogP contribution in [0.15, 0.2) is 42.5 Å². The molecule has 1 N–H and O–H groups in total. The molecule has 0 aliphatic heterocycles. The quantitative estimate of drug-likeness (QED) is 0.717. The average Bonchev–Trinajstić information content (AvgIpc) is 2.61. The van der Waals surface area contributed by atoms with Crippen LogP contribution in [0, 0.1) is 13.8 Å². The second-order valence-corrected chi connectivity index (χ2v) is 8.32. The molecule has 0 saturated carbocycles. The van der Waals surface area contributed by atoms with Crippen LogP contribution in [-0.4, -0.2) is 39.7 Å². The Kier molecular flexibility index (Phi) is 6.80. The predicted octanol–water partition coefficient (Wildman–Crippen LogP) is 2.88. The highest BCUT2D eigenvalue weighted by Gasteiger charge is 2.22. The van der Waals surface area contributed by atoms with E-state index in [-0.39, 0.29) is 13.2 Å². The largest absolute Gasteiger partial charge is 0.462 e. The zero-order valence-corrected chi connectivity index (χ0v) is 17.2. The van der Waals surface area contributed by atoms with Crippen molar-refractivity contribution in [2.45, 2.75) is 20.8 Å². The summed E-state index contributed by atoms with van der Waals surface area (Å²) in [6.45, 7) is 5.20. The normalized spacial score (nSPS) is 11.0. The third kappa shape index (κ3) is 5.56. The Bertz CT molecular complexity index is 986. The van der Waals surface area contributed by atoms with Crippen LogP contribution in [0.2, 0.25) is 0 Å². The molecule has 8 heteroatoms. The molecular weight excluding hydrogens is 380 g/mol. The molecule has 2 rings (SSSR count). The van der Waals surface area contributed by atoms with E-state index in [1.165, 1.54) is 6.07 Å². The van der Waals surface area contributed by atoms with Crippen molar-refractivity contribution in [1.82, 2.24) is 0 Å². The molecule has 0 bridgehead atoms. The molecule has 1 amide bonds. The summed E-state index contributed by atoms with van der Waals surface area (Å²) in [7, 11) is -3.68. The maximum absolute atomic E-state index is 12.5. The smallest absolute Gasteiger partial charge is 0.338 e. The van der Waals surface area contributed by atoms with Gasteiger partial charge in [-0.3, -0.25) is 9.10 Å². The molecule has 0 unspecified atom stereocenters. The molecule has 2 aromatic carbocycles. The molecule has 28 heavy (non-hydrogen) atoms. The summed E-state index contributed by atoms with van der Waals surface area (Å²) in [4.78, 5) is 24.3. The molecule has 0 heterocycles. The first-order chi connectivity index (χ1) is 13.1. The van der Waals surface area contributed by atoms with Gasteiger partial charge >= 0.3 is 5.97 Å². The van der Waals surface area contributed by atoms with Crippen LogP contribution >= 0.6 is 0 Å².